The number of rotatable bonds is 5. The zero-order valence-corrected chi connectivity index (χ0v) is 15.0. The normalized spacial score (nSPS) is 10.3. The van der Waals surface area contributed by atoms with Crippen molar-refractivity contribution in [2.24, 2.45) is 0 Å². The summed E-state index contributed by atoms with van der Waals surface area (Å²) in [7, 11) is 0. The molecule has 0 saturated carbocycles. The number of Topliss-reactive ketones (excluding diaryl/α,β-unsaturated/α-hetero) is 1. The van der Waals surface area contributed by atoms with Crippen LogP contribution in [0.5, 0.6) is 11.5 Å². The van der Waals surface area contributed by atoms with Gasteiger partial charge in [0.2, 0.25) is 0 Å². The van der Waals surface area contributed by atoms with Crippen LogP contribution in [-0.2, 0) is 6.54 Å². The zero-order valence-electron chi connectivity index (χ0n) is 15.0. The fraction of sp³-hybridized carbons (Fsp3) is 0.143. The quantitative estimate of drug-likeness (QED) is 0.652. The highest BCUT2D eigenvalue weighted by Crippen LogP contribution is 2.21. The lowest BCUT2D eigenvalue weighted by Crippen LogP contribution is -2.30. The second kappa shape index (κ2) is 7.67. The number of para-hydroxylation sites is 1. The molecule has 3 rings (SSSR count). The lowest BCUT2D eigenvalue weighted by atomic mass is 10.1. The van der Waals surface area contributed by atoms with Crippen molar-refractivity contribution in [3.8, 4) is 17.6 Å². The van der Waals surface area contributed by atoms with Crippen LogP contribution in [0.1, 0.15) is 27.2 Å². The third-order valence-corrected chi connectivity index (χ3v) is 4.20. The molecular weight excluding hydrogens is 342 g/mol. The maximum atomic E-state index is 12.5. The Labute approximate surface area is 156 Å². The summed E-state index contributed by atoms with van der Waals surface area (Å²) in [5.41, 5.74) is 0.972. The molecule has 0 radical (unpaired) electrons. The highest BCUT2D eigenvalue weighted by Gasteiger charge is 2.15. The molecule has 0 aliphatic carbocycles. The molecule has 2 aromatic carbocycles. The Bertz CT molecular complexity index is 1080. The van der Waals surface area contributed by atoms with Gasteiger partial charge in [0.25, 0.3) is 5.56 Å². The number of benzene rings is 2. The maximum Gasteiger partial charge on any atom is 0.285 e. The average Bonchev–Trinajstić information content (AvgIpc) is 2.68. The monoisotopic (exact) mass is 359 g/mol. The predicted molar refractivity (Wildman–Crippen MR) is 100.0 cm³/mol. The van der Waals surface area contributed by atoms with Crippen molar-refractivity contribution in [2.75, 3.05) is 0 Å². The van der Waals surface area contributed by atoms with Crippen molar-refractivity contribution in [3.63, 3.8) is 0 Å². The van der Waals surface area contributed by atoms with Crippen molar-refractivity contribution >= 4 is 5.78 Å². The number of ketones is 1. The summed E-state index contributed by atoms with van der Waals surface area (Å²) in [5, 5.41) is 13.3. The maximum absolute atomic E-state index is 12.5. The van der Waals surface area contributed by atoms with E-state index in [9.17, 15) is 9.59 Å². The first-order valence-corrected chi connectivity index (χ1v) is 8.34. The van der Waals surface area contributed by atoms with Crippen LogP contribution in [0.4, 0.5) is 0 Å². The first-order valence-electron chi connectivity index (χ1n) is 8.34. The van der Waals surface area contributed by atoms with Crippen LogP contribution < -0.4 is 10.3 Å². The van der Waals surface area contributed by atoms with Crippen LogP contribution in [0.3, 0.4) is 0 Å². The van der Waals surface area contributed by atoms with Gasteiger partial charge in [-0.1, -0.05) is 18.2 Å². The molecule has 6 heteroatoms. The van der Waals surface area contributed by atoms with Gasteiger partial charge in [0, 0.05) is 5.56 Å². The van der Waals surface area contributed by atoms with Gasteiger partial charge in [-0.05, 0) is 55.8 Å². The summed E-state index contributed by atoms with van der Waals surface area (Å²) in [6.45, 7) is 3.14. The van der Waals surface area contributed by atoms with E-state index in [4.69, 9.17) is 10.00 Å². The molecule has 6 nitrogen and oxygen atoms in total. The topological polar surface area (TPSA) is 85.0 Å². The molecule has 0 N–H and O–H groups in total. The van der Waals surface area contributed by atoms with Crippen LogP contribution in [0.15, 0.2) is 59.4 Å². The Morgan fingerprint density at radius 3 is 2.33 bits per heavy atom. The van der Waals surface area contributed by atoms with Gasteiger partial charge in [0.05, 0.1) is 5.69 Å². The van der Waals surface area contributed by atoms with Gasteiger partial charge >= 0.3 is 0 Å². The van der Waals surface area contributed by atoms with Crippen molar-refractivity contribution in [3.05, 3.63) is 87.3 Å². The van der Waals surface area contributed by atoms with Crippen molar-refractivity contribution < 1.29 is 9.53 Å². The number of carbonyl (C=O) groups excluding carboxylic acids is 1. The second-order valence-electron chi connectivity index (χ2n) is 6.02. The summed E-state index contributed by atoms with van der Waals surface area (Å²) >= 11 is 0. The molecule has 0 bridgehead atoms. The Morgan fingerprint density at radius 1 is 1.07 bits per heavy atom. The van der Waals surface area contributed by atoms with E-state index < -0.39 is 5.56 Å². The van der Waals surface area contributed by atoms with Crippen LogP contribution in [0.2, 0.25) is 0 Å². The minimum absolute atomic E-state index is 0.0157. The largest absolute Gasteiger partial charge is 0.457 e. The van der Waals surface area contributed by atoms with E-state index in [1.54, 1.807) is 38.1 Å². The summed E-state index contributed by atoms with van der Waals surface area (Å²) in [6.07, 6.45) is 0. The molecule has 0 fully saturated rings. The average molecular weight is 359 g/mol. The smallest absolute Gasteiger partial charge is 0.285 e. The lowest BCUT2D eigenvalue weighted by molar-refractivity contribution is 0.0965. The number of nitriles is 1. The Morgan fingerprint density at radius 2 is 1.70 bits per heavy atom. The first kappa shape index (κ1) is 18.1. The molecule has 27 heavy (non-hydrogen) atoms. The van der Waals surface area contributed by atoms with Crippen LogP contribution in [0, 0.1) is 25.2 Å². The van der Waals surface area contributed by atoms with E-state index in [1.807, 2.05) is 36.4 Å². The number of carbonyl (C=O) groups is 1. The molecule has 0 unspecified atom stereocenters. The van der Waals surface area contributed by atoms with E-state index in [-0.39, 0.29) is 17.9 Å². The molecule has 134 valence electrons. The van der Waals surface area contributed by atoms with Gasteiger partial charge in [0.1, 0.15) is 29.7 Å². The minimum atomic E-state index is -0.557. The highest BCUT2D eigenvalue weighted by atomic mass is 16.5. The van der Waals surface area contributed by atoms with Gasteiger partial charge in [-0.15, -0.1) is 0 Å². The van der Waals surface area contributed by atoms with Crippen molar-refractivity contribution in [2.45, 2.75) is 20.4 Å². The Kier molecular flexibility index (Phi) is 5.13. The number of hydrogen-bond donors (Lipinski definition) is 0. The van der Waals surface area contributed by atoms with Gasteiger partial charge in [-0.25, -0.2) is 4.68 Å². The molecule has 0 amide bonds. The van der Waals surface area contributed by atoms with E-state index in [0.29, 0.717) is 28.3 Å². The van der Waals surface area contributed by atoms with Crippen LogP contribution in [-0.4, -0.2) is 15.6 Å². The molecule has 3 aromatic rings. The lowest BCUT2D eigenvalue weighted by Gasteiger charge is -2.09. The summed E-state index contributed by atoms with van der Waals surface area (Å²) in [6, 6.07) is 17.9. The third kappa shape index (κ3) is 3.93. The van der Waals surface area contributed by atoms with Crippen LogP contribution in [0.25, 0.3) is 0 Å². The molecule has 1 heterocycles. The molecule has 0 atom stereocenters. The standard InChI is InChI=1S/C21H17N3O3/c1-14-15(2)23-24(21(26)19(14)12-22)13-20(25)16-8-10-18(11-9-16)27-17-6-4-3-5-7-17/h3-11H,13H2,1-2H3. The van der Waals surface area contributed by atoms with Gasteiger partial charge in [0.15, 0.2) is 5.78 Å². The Balaban J connectivity index is 1.78. The fourth-order valence-electron chi connectivity index (χ4n) is 2.57. The summed E-state index contributed by atoms with van der Waals surface area (Å²) in [4.78, 5) is 24.8. The minimum Gasteiger partial charge on any atom is -0.457 e. The van der Waals surface area contributed by atoms with Gasteiger partial charge in [-0.3, -0.25) is 9.59 Å². The van der Waals surface area contributed by atoms with E-state index >= 15 is 0 Å². The van der Waals surface area contributed by atoms with E-state index in [2.05, 4.69) is 5.10 Å². The van der Waals surface area contributed by atoms with Crippen molar-refractivity contribution in [1.29, 1.82) is 5.26 Å². The number of ether oxygens (including phenoxy) is 1. The van der Waals surface area contributed by atoms with Crippen molar-refractivity contribution in [1.82, 2.24) is 9.78 Å². The number of aryl methyl sites for hydroxylation is 1. The van der Waals surface area contributed by atoms with Crippen LogP contribution >= 0.6 is 0 Å². The number of aromatic nitrogens is 2. The molecule has 0 aliphatic rings. The number of nitrogens with zero attached hydrogens (tertiary/aromatic N) is 3. The zero-order chi connectivity index (χ0) is 19.4. The summed E-state index contributed by atoms with van der Waals surface area (Å²) in [5.74, 6) is 1.03. The van der Waals surface area contributed by atoms with Gasteiger partial charge in [-0.2, -0.15) is 10.4 Å². The molecular formula is C21H17N3O3. The third-order valence-electron chi connectivity index (χ3n) is 4.20. The summed E-state index contributed by atoms with van der Waals surface area (Å²) < 4.78 is 6.73. The second-order valence-corrected chi connectivity index (χ2v) is 6.02. The SMILES string of the molecule is Cc1nn(CC(=O)c2ccc(Oc3ccccc3)cc2)c(=O)c(C#N)c1C. The van der Waals surface area contributed by atoms with E-state index in [1.165, 1.54) is 0 Å². The fourth-order valence-corrected chi connectivity index (χ4v) is 2.57. The van der Waals surface area contributed by atoms with E-state index in [0.717, 1.165) is 4.68 Å². The molecule has 0 aliphatic heterocycles. The highest BCUT2D eigenvalue weighted by molar-refractivity contribution is 5.95. The number of hydrogen-bond acceptors (Lipinski definition) is 5. The first-order chi connectivity index (χ1) is 13.0. The molecule has 1 aromatic heterocycles. The molecule has 0 saturated heterocycles. The predicted octanol–water partition coefficient (Wildman–Crippen LogP) is 3.41. The molecule has 0 spiro atoms. The van der Waals surface area contributed by atoms with Gasteiger partial charge < -0.3 is 4.74 Å². The Hall–Kier alpha value is -3.72.